The molecule has 0 radical (unpaired) electrons. The number of hydrogen-bond donors (Lipinski definition) is 2. The standard InChI is InChI=1S/C18H25N3O7/c1-4-27-13-6-7-14(15(9-13)21(25)26)20-17(23)11-28-18(24)10-19-16(22)8-5-12(2)3/h6-7,9,12H,4-5,8,10-11H2,1-3H3,(H,19,22)(H,20,23). The number of carbonyl (C=O) groups is 3. The van der Waals surface area contributed by atoms with Crippen LogP contribution in [0, 0.1) is 16.0 Å². The number of carbonyl (C=O) groups excluding carboxylic acids is 3. The highest BCUT2D eigenvalue weighted by atomic mass is 16.6. The molecule has 0 fully saturated rings. The molecule has 0 aromatic heterocycles. The smallest absolute Gasteiger partial charge is 0.325 e. The molecule has 0 aliphatic heterocycles. The highest BCUT2D eigenvalue weighted by Gasteiger charge is 2.18. The number of hydrogen-bond acceptors (Lipinski definition) is 7. The molecule has 1 aromatic rings. The van der Waals surface area contributed by atoms with Crippen LogP contribution in [-0.4, -0.2) is 42.5 Å². The summed E-state index contributed by atoms with van der Waals surface area (Å²) in [5.41, 5.74) is -0.389. The first-order chi connectivity index (χ1) is 13.2. The topological polar surface area (TPSA) is 137 Å². The van der Waals surface area contributed by atoms with Gasteiger partial charge in [0.25, 0.3) is 11.6 Å². The van der Waals surface area contributed by atoms with E-state index in [1.807, 2.05) is 13.8 Å². The van der Waals surface area contributed by atoms with Crippen LogP contribution in [0.1, 0.15) is 33.6 Å². The molecule has 0 saturated carbocycles. The zero-order valence-corrected chi connectivity index (χ0v) is 16.1. The number of anilines is 1. The van der Waals surface area contributed by atoms with E-state index in [-0.39, 0.29) is 23.8 Å². The van der Waals surface area contributed by atoms with Gasteiger partial charge in [0.2, 0.25) is 5.91 Å². The number of nitrogens with zero attached hydrogens (tertiary/aromatic N) is 1. The molecular formula is C18H25N3O7. The number of ether oxygens (including phenoxy) is 2. The molecule has 0 heterocycles. The molecule has 0 unspecified atom stereocenters. The molecule has 0 bridgehead atoms. The van der Waals surface area contributed by atoms with Crippen LogP contribution in [0.25, 0.3) is 0 Å². The van der Waals surface area contributed by atoms with Crippen LogP contribution in [0.3, 0.4) is 0 Å². The molecule has 2 amide bonds. The lowest BCUT2D eigenvalue weighted by Crippen LogP contribution is -2.32. The fraction of sp³-hybridized carbons (Fsp3) is 0.500. The first-order valence-electron chi connectivity index (χ1n) is 8.86. The molecule has 10 heteroatoms. The minimum absolute atomic E-state index is 0.0449. The number of rotatable bonds is 11. The van der Waals surface area contributed by atoms with Gasteiger partial charge >= 0.3 is 5.97 Å². The van der Waals surface area contributed by atoms with E-state index in [1.165, 1.54) is 18.2 Å². The largest absolute Gasteiger partial charge is 0.494 e. The lowest BCUT2D eigenvalue weighted by Gasteiger charge is -2.09. The minimum atomic E-state index is -0.783. The Hall–Kier alpha value is -3.17. The Balaban J connectivity index is 2.49. The molecular weight excluding hydrogens is 370 g/mol. The maximum atomic E-state index is 11.9. The third-order valence-corrected chi connectivity index (χ3v) is 3.49. The van der Waals surface area contributed by atoms with Crippen molar-refractivity contribution in [3.63, 3.8) is 0 Å². The van der Waals surface area contributed by atoms with E-state index in [4.69, 9.17) is 9.47 Å². The van der Waals surface area contributed by atoms with Crippen LogP contribution in [-0.2, 0) is 19.1 Å². The second-order valence-electron chi connectivity index (χ2n) is 6.29. The van der Waals surface area contributed by atoms with Crippen molar-refractivity contribution < 1.29 is 28.8 Å². The number of amides is 2. The zero-order chi connectivity index (χ0) is 21.1. The molecule has 2 N–H and O–H groups in total. The molecule has 154 valence electrons. The van der Waals surface area contributed by atoms with Crippen LogP contribution >= 0.6 is 0 Å². The Morgan fingerprint density at radius 3 is 2.54 bits per heavy atom. The number of benzene rings is 1. The van der Waals surface area contributed by atoms with Crippen molar-refractivity contribution in [3.05, 3.63) is 28.3 Å². The Kier molecular flexibility index (Phi) is 9.41. The molecule has 0 atom stereocenters. The Morgan fingerprint density at radius 2 is 1.93 bits per heavy atom. The molecule has 0 spiro atoms. The van der Waals surface area contributed by atoms with Crippen molar-refractivity contribution >= 4 is 29.2 Å². The lowest BCUT2D eigenvalue weighted by atomic mass is 10.1. The van der Waals surface area contributed by atoms with Crippen molar-refractivity contribution in [1.82, 2.24) is 5.32 Å². The van der Waals surface area contributed by atoms with Crippen molar-refractivity contribution in [3.8, 4) is 5.75 Å². The first-order valence-corrected chi connectivity index (χ1v) is 8.86. The van der Waals surface area contributed by atoms with Gasteiger partial charge in [-0.2, -0.15) is 0 Å². The van der Waals surface area contributed by atoms with E-state index in [2.05, 4.69) is 10.6 Å². The molecule has 1 rings (SSSR count). The Labute approximate surface area is 162 Å². The van der Waals surface area contributed by atoms with Gasteiger partial charge in [-0.3, -0.25) is 24.5 Å². The second-order valence-corrected chi connectivity index (χ2v) is 6.29. The van der Waals surface area contributed by atoms with Crippen LogP contribution < -0.4 is 15.4 Å². The monoisotopic (exact) mass is 395 g/mol. The third kappa shape index (κ3) is 8.47. The van der Waals surface area contributed by atoms with Crippen molar-refractivity contribution in [2.75, 3.05) is 25.1 Å². The van der Waals surface area contributed by atoms with Gasteiger partial charge in [0.05, 0.1) is 17.6 Å². The number of nitrogens with one attached hydrogen (secondary N) is 2. The highest BCUT2D eigenvalue weighted by Crippen LogP contribution is 2.29. The van der Waals surface area contributed by atoms with Gasteiger partial charge in [-0.05, 0) is 31.4 Å². The quantitative estimate of drug-likeness (QED) is 0.332. The normalized spacial score (nSPS) is 10.3. The van der Waals surface area contributed by atoms with E-state index < -0.39 is 23.4 Å². The number of esters is 1. The summed E-state index contributed by atoms with van der Waals surface area (Å²) in [5, 5.41) is 15.9. The van der Waals surface area contributed by atoms with Gasteiger partial charge in [0.1, 0.15) is 18.0 Å². The van der Waals surface area contributed by atoms with Gasteiger partial charge in [0, 0.05) is 6.42 Å². The minimum Gasteiger partial charge on any atom is -0.494 e. The van der Waals surface area contributed by atoms with Crippen molar-refractivity contribution in [1.29, 1.82) is 0 Å². The molecule has 28 heavy (non-hydrogen) atoms. The average Bonchev–Trinajstić information content (AvgIpc) is 2.64. The molecule has 0 aliphatic carbocycles. The number of nitro benzene ring substituents is 1. The summed E-state index contributed by atoms with van der Waals surface area (Å²) in [6.07, 6.45) is 0.997. The summed E-state index contributed by atoms with van der Waals surface area (Å²) >= 11 is 0. The highest BCUT2D eigenvalue weighted by molar-refractivity contribution is 5.95. The fourth-order valence-corrected chi connectivity index (χ4v) is 2.09. The molecule has 0 saturated heterocycles. The molecule has 10 nitrogen and oxygen atoms in total. The van der Waals surface area contributed by atoms with Crippen LogP contribution in [0.2, 0.25) is 0 Å². The van der Waals surface area contributed by atoms with Crippen LogP contribution in [0.5, 0.6) is 5.75 Å². The zero-order valence-electron chi connectivity index (χ0n) is 16.1. The van der Waals surface area contributed by atoms with Crippen LogP contribution in [0.4, 0.5) is 11.4 Å². The summed E-state index contributed by atoms with van der Waals surface area (Å²) in [6, 6.07) is 4.00. The SMILES string of the molecule is CCOc1ccc(NC(=O)COC(=O)CNC(=O)CCC(C)C)c([N+](=O)[O-])c1. The first kappa shape index (κ1) is 22.9. The van der Waals surface area contributed by atoms with E-state index in [1.54, 1.807) is 6.92 Å². The van der Waals surface area contributed by atoms with Gasteiger partial charge < -0.3 is 20.1 Å². The van der Waals surface area contributed by atoms with Crippen molar-refractivity contribution in [2.24, 2.45) is 5.92 Å². The average molecular weight is 395 g/mol. The Bertz CT molecular complexity index is 719. The van der Waals surface area contributed by atoms with Crippen LogP contribution in [0.15, 0.2) is 18.2 Å². The summed E-state index contributed by atoms with van der Waals surface area (Å²) in [4.78, 5) is 45.5. The van der Waals surface area contributed by atoms with E-state index in [0.717, 1.165) is 0 Å². The number of nitro groups is 1. The van der Waals surface area contributed by atoms with E-state index in [9.17, 15) is 24.5 Å². The third-order valence-electron chi connectivity index (χ3n) is 3.49. The summed E-state index contributed by atoms with van der Waals surface area (Å²) in [7, 11) is 0. The van der Waals surface area contributed by atoms with E-state index >= 15 is 0 Å². The summed E-state index contributed by atoms with van der Waals surface area (Å²) in [6.45, 7) is 5.05. The maximum absolute atomic E-state index is 11.9. The van der Waals surface area contributed by atoms with Gasteiger partial charge in [-0.1, -0.05) is 13.8 Å². The Morgan fingerprint density at radius 1 is 1.21 bits per heavy atom. The van der Waals surface area contributed by atoms with Gasteiger partial charge in [-0.15, -0.1) is 0 Å². The fourth-order valence-electron chi connectivity index (χ4n) is 2.09. The lowest BCUT2D eigenvalue weighted by molar-refractivity contribution is -0.384. The van der Waals surface area contributed by atoms with E-state index in [0.29, 0.717) is 31.1 Å². The molecule has 0 aliphatic rings. The maximum Gasteiger partial charge on any atom is 0.325 e. The van der Waals surface area contributed by atoms with Crippen molar-refractivity contribution in [2.45, 2.75) is 33.6 Å². The predicted octanol–water partition coefficient (Wildman–Crippen LogP) is 2.03. The summed E-state index contributed by atoms with van der Waals surface area (Å²) < 4.78 is 9.95. The predicted molar refractivity (Wildman–Crippen MR) is 101 cm³/mol. The summed E-state index contributed by atoms with van der Waals surface area (Å²) in [5.74, 6) is -1.14. The van der Waals surface area contributed by atoms with Gasteiger partial charge in [0.15, 0.2) is 6.61 Å². The molecule has 1 aromatic carbocycles. The second kappa shape index (κ2) is 11.5. The van der Waals surface area contributed by atoms with Gasteiger partial charge in [-0.25, -0.2) is 0 Å².